The van der Waals surface area contributed by atoms with Crippen LogP contribution in [0.4, 0.5) is 0 Å². The Balaban J connectivity index is 4.46. The summed E-state index contributed by atoms with van der Waals surface area (Å²) >= 11 is 0. The minimum Gasteiger partial charge on any atom is -0.462 e. The third kappa shape index (κ3) is 57.4. The van der Waals surface area contributed by atoms with E-state index in [-0.39, 0.29) is 37.5 Å². The van der Waals surface area contributed by atoms with Gasteiger partial charge in [0, 0.05) is 19.3 Å². The molecule has 408 valence electrons. The summed E-state index contributed by atoms with van der Waals surface area (Å²) in [5, 5.41) is 0. The molecule has 0 N–H and O–H groups in total. The largest absolute Gasteiger partial charge is 0.462 e. The second kappa shape index (κ2) is 59.2. The predicted octanol–water partition coefficient (Wildman–Crippen LogP) is 20.3. The van der Waals surface area contributed by atoms with E-state index in [1.54, 1.807) is 0 Å². The smallest absolute Gasteiger partial charge is 0.306 e. The van der Waals surface area contributed by atoms with Crippen LogP contribution >= 0.6 is 0 Å². The average molecular weight is 990 g/mol. The molecule has 0 aromatic carbocycles. The van der Waals surface area contributed by atoms with E-state index in [0.29, 0.717) is 12.8 Å². The number of allylic oxidation sites excluding steroid dienone is 14. The highest BCUT2D eigenvalue weighted by molar-refractivity contribution is 5.71. The Morgan fingerprint density at radius 1 is 0.282 bits per heavy atom. The predicted molar refractivity (Wildman–Crippen MR) is 307 cm³/mol. The zero-order chi connectivity index (χ0) is 51.4. The third-order valence-corrected chi connectivity index (χ3v) is 12.9. The number of hydrogen-bond donors (Lipinski definition) is 0. The third-order valence-electron chi connectivity index (χ3n) is 12.9. The highest BCUT2D eigenvalue weighted by Crippen LogP contribution is 2.16. The molecule has 6 nitrogen and oxygen atoms in total. The summed E-state index contributed by atoms with van der Waals surface area (Å²) in [6.45, 7) is 6.55. The first-order valence-electron chi connectivity index (χ1n) is 30.1. The van der Waals surface area contributed by atoms with Crippen molar-refractivity contribution >= 4 is 17.9 Å². The molecule has 0 saturated heterocycles. The molecule has 71 heavy (non-hydrogen) atoms. The fourth-order valence-corrected chi connectivity index (χ4v) is 8.32. The van der Waals surface area contributed by atoms with Crippen molar-refractivity contribution in [2.45, 2.75) is 297 Å². The Morgan fingerprint density at radius 2 is 0.507 bits per heavy atom. The van der Waals surface area contributed by atoms with E-state index >= 15 is 0 Å². The van der Waals surface area contributed by atoms with E-state index in [1.807, 2.05) is 0 Å². The summed E-state index contributed by atoms with van der Waals surface area (Å²) in [5.74, 6) is -0.962. The van der Waals surface area contributed by atoms with Crippen molar-refractivity contribution in [1.82, 2.24) is 0 Å². The van der Waals surface area contributed by atoms with Gasteiger partial charge in [0.2, 0.25) is 0 Å². The molecule has 0 saturated carbocycles. The maximum Gasteiger partial charge on any atom is 0.306 e. The number of unbranched alkanes of at least 4 members (excludes halogenated alkanes) is 29. The van der Waals surface area contributed by atoms with Gasteiger partial charge in [-0.2, -0.15) is 0 Å². The first-order chi connectivity index (χ1) is 35.0. The van der Waals surface area contributed by atoms with Crippen LogP contribution in [0.25, 0.3) is 0 Å². The molecule has 0 aliphatic rings. The number of hydrogen-bond acceptors (Lipinski definition) is 6. The van der Waals surface area contributed by atoms with Gasteiger partial charge in [-0.15, -0.1) is 0 Å². The lowest BCUT2D eigenvalue weighted by Crippen LogP contribution is -2.30. The van der Waals surface area contributed by atoms with Crippen LogP contribution < -0.4 is 0 Å². The Kier molecular flexibility index (Phi) is 56.3. The van der Waals surface area contributed by atoms with Crippen molar-refractivity contribution in [1.29, 1.82) is 0 Å². The number of carbonyl (C=O) groups excluding carboxylic acids is 3. The lowest BCUT2D eigenvalue weighted by molar-refractivity contribution is -0.167. The highest BCUT2D eigenvalue weighted by Gasteiger charge is 2.19. The molecule has 0 aliphatic carbocycles. The van der Waals surface area contributed by atoms with Crippen LogP contribution in [0.15, 0.2) is 85.1 Å². The maximum absolute atomic E-state index is 12.9. The average Bonchev–Trinajstić information content (AvgIpc) is 3.37. The zero-order valence-corrected chi connectivity index (χ0v) is 46.7. The molecule has 0 aromatic rings. The first kappa shape index (κ1) is 67.6. The van der Waals surface area contributed by atoms with Crippen LogP contribution in [0.1, 0.15) is 290 Å². The first-order valence-corrected chi connectivity index (χ1v) is 30.1. The fourth-order valence-electron chi connectivity index (χ4n) is 8.32. The standard InChI is InChI=1S/C65H112O6/c1-4-7-10-13-16-19-22-25-28-30-32-34-37-40-43-46-49-52-55-58-64(67)70-61-62(60-69-63(66)57-54-51-48-45-42-39-36-27-24-21-18-15-12-9-6-3)71-65(68)59-56-53-50-47-44-41-38-35-33-31-29-26-23-20-17-14-11-8-5-2/h17-18,20-21,26-27,29,33,35-36,41-42,44-45,62H,4-16,19,22-25,28,30-32,34,37-40,43,46-61H2,1-3H3/b20-17-,21-18-,29-26-,35-33-,36-27-,44-41-,45-42-/t62-/m1/s1. The molecule has 0 aromatic heterocycles. The van der Waals surface area contributed by atoms with Crippen LogP contribution in [0.3, 0.4) is 0 Å². The summed E-state index contributed by atoms with van der Waals surface area (Å²) in [4.78, 5) is 38.2. The molecular formula is C65H112O6. The molecule has 0 radical (unpaired) electrons. The van der Waals surface area contributed by atoms with E-state index in [1.165, 1.54) is 154 Å². The van der Waals surface area contributed by atoms with Gasteiger partial charge in [0.1, 0.15) is 13.2 Å². The van der Waals surface area contributed by atoms with Crippen molar-refractivity contribution < 1.29 is 28.6 Å². The van der Waals surface area contributed by atoms with Crippen molar-refractivity contribution in [3.05, 3.63) is 85.1 Å². The molecule has 0 aliphatic heterocycles. The SMILES string of the molecule is CCCCC/C=C\C/C=C\C/C=C\C/C=C\CCCCCC(=O)O[C@H](COC(=O)CCCC/C=C\C/C=C\C/C=C\CCCCC)COC(=O)CCCCCCCCCCCCCCCCCCCCC. The van der Waals surface area contributed by atoms with Crippen LogP contribution in [-0.4, -0.2) is 37.2 Å². The van der Waals surface area contributed by atoms with E-state index in [4.69, 9.17) is 14.2 Å². The zero-order valence-electron chi connectivity index (χ0n) is 46.7. The Labute approximate surface area is 439 Å². The Morgan fingerprint density at radius 3 is 0.845 bits per heavy atom. The van der Waals surface area contributed by atoms with Gasteiger partial charge in [0.05, 0.1) is 0 Å². The quantitative estimate of drug-likeness (QED) is 0.0261. The molecule has 6 heteroatoms. The van der Waals surface area contributed by atoms with Gasteiger partial charge in [0.15, 0.2) is 6.10 Å². The van der Waals surface area contributed by atoms with Crippen LogP contribution in [0, 0.1) is 0 Å². The molecule has 0 spiro atoms. The van der Waals surface area contributed by atoms with E-state index in [0.717, 1.165) is 96.3 Å². The van der Waals surface area contributed by atoms with Crippen LogP contribution in [0.5, 0.6) is 0 Å². The Bertz CT molecular complexity index is 1370. The van der Waals surface area contributed by atoms with Crippen molar-refractivity contribution in [2.24, 2.45) is 0 Å². The van der Waals surface area contributed by atoms with Gasteiger partial charge in [0.25, 0.3) is 0 Å². The van der Waals surface area contributed by atoms with E-state index in [9.17, 15) is 14.4 Å². The normalized spacial score (nSPS) is 12.7. The Hall–Kier alpha value is -3.41. The maximum atomic E-state index is 12.9. The van der Waals surface area contributed by atoms with Gasteiger partial charge < -0.3 is 14.2 Å². The minimum atomic E-state index is -0.809. The van der Waals surface area contributed by atoms with E-state index in [2.05, 4.69) is 106 Å². The second-order valence-corrected chi connectivity index (χ2v) is 19.9. The van der Waals surface area contributed by atoms with Gasteiger partial charge in [-0.3, -0.25) is 14.4 Å². The summed E-state index contributed by atoms with van der Waals surface area (Å²) in [5.41, 5.74) is 0. The van der Waals surface area contributed by atoms with Crippen LogP contribution in [0.2, 0.25) is 0 Å². The molecule has 0 unspecified atom stereocenters. The van der Waals surface area contributed by atoms with Gasteiger partial charge >= 0.3 is 17.9 Å². The number of ether oxygens (including phenoxy) is 3. The molecule has 0 rings (SSSR count). The monoisotopic (exact) mass is 989 g/mol. The lowest BCUT2D eigenvalue weighted by Gasteiger charge is -2.18. The van der Waals surface area contributed by atoms with Gasteiger partial charge in [-0.05, 0) is 103 Å². The lowest BCUT2D eigenvalue weighted by atomic mass is 10.0. The number of esters is 3. The van der Waals surface area contributed by atoms with Gasteiger partial charge in [-0.25, -0.2) is 0 Å². The topological polar surface area (TPSA) is 78.9 Å². The van der Waals surface area contributed by atoms with Gasteiger partial charge in [-0.1, -0.05) is 254 Å². The highest BCUT2D eigenvalue weighted by atomic mass is 16.6. The summed E-state index contributed by atoms with van der Waals surface area (Å²) in [7, 11) is 0. The molecule has 1 atom stereocenters. The number of carbonyl (C=O) groups is 3. The fraction of sp³-hybridized carbons (Fsp3) is 0.738. The second-order valence-electron chi connectivity index (χ2n) is 19.9. The van der Waals surface area contributed by atoms with Crippen molar-refractivity contribution in [3.63, 3.8) is 0 Å². The summed E-state index contributed by atoms with van der Waals surface area (Å²) in [6, 6.07) is 0. The molecule has 0 heterocycles. The molecule has 0 amide bonds. The summed E-state index contributed by atoms with van der Waals surface area (Å²) < 4.78 is 16.8. The van der Waals surface area contributed by atoms with Crippen molar-refractivity contribution in [3.8, 4) is 0 Å². The van der Waals surface area contributed by atoms with E-state index < -0.39 is 6.10 Å². The van der Waals surface area contributed by atoms with Crippen LogP contribution in [-0.2, 0) is 28.6 Å². The minimum absolute atomic E-state index is 0.0997. The summed E-state index contributed by atoms with van der Waals surface area (Å²) in [6.07, 6.45) is 77.2. The molecule has 0 fully saturated rings. The van der Waals surface area contributed by atoms with Crippen molar-refractivity contribution in [2.75, 3.05) is 13.2 Å². The molecule has 0 bridgehead atoms. The molecular weight excluding hydrogens is 877 g/mol. The number of rotatable bonds is 54.